The standard InChI is InChI=1S/C21H23NO7/c1-3-22(11-15-4-9-18-19(10-15)29-14-28-18)20(23)12-27-21(24)13-26-17-7-5-16(25-2)6-8-17/h4-10H,3,11-14H2,1-2H3. The van der Waals surface area contributed by atoms with Crippen LogP contribution in [0.1, 0.15) is 12.5 Å². The predicted octanol–water partition coefficient (Wildman–Crippen LogP) is 2.39. The van der Waals surface area contributed by atoms with Crippen molar-refractivity contribution in [2.24, 2.45) is 0 Å². The lowest BCUT2D eigenvalue weighted by atomic mass is 10.2. The van der Waals surface area contributed by atoms with Gasteiger partial charge in [-0.3, -0.25) is 4.79 Å². The molecule has 0 N–H and O–H groups in total. The summed E-state index contributed by atoms with van der Waals surface area (Å²) in [6.07, 6.45) is 0. The number of amides is 1. The van der Waals surface area contributed by atoms with Crippen molar-refractivity contribution in [3.8, 4) is 23.0 Å². The minimum absolute atomic E-state index is 0.198. The van der Waals surface area contributed by atoms with Gasteiger partial charge in [0, 0.05) is 13.1 Å². The second kappa shape index (κ2) is 9.68. The number of ether oxygens (including phenoxy) is 5. The first-order valence-corrected chi connectivity index (χ1v) is 9.18. The Labute approximate surface area is 168 Å². The van der Waals surface area contributed by atoms with E-state index in [1.54, 1.807) is 36.3 Å². The first kappa shape index (κ1) is 20.3. The maximum absolute atomic E-state index is 12.4. The molecule has 29 heavy (non-hydrogen) atoms. The third-order valence-corrected chi connectivity index (χ3v) is 4.32. The molecule has 0 bridgehead atoms. The quantitative estimate of drug-likeness (QED) is 0.597. The Morgan fingerprint density at radius 2 is 1.72 bits per heavy atom. The SMILES string of the molecule is CCN(Cc1ccc2c(c1)OCO2)C(=O)COC(=O)COc1ccc(OC)cc1. The summed E-state index contributed by atoms with van der Waals surface area (Å²) in [5.41, 5.74) is 0.901. The van der Waals surface area contributed by atoms with Crippen LogP contribution in [0.3, 0.4) is 0 Å². The van der Waals surface area contributed by atoms with Gasteiger partial charge in [-0.15, -0.1) is 0 Å². The number of hydrogen-bond donors (Lipinski definition) is 0. The van der Waals surface area contributed by atoms with Gasteiger partial charge in [0.25, 0.3) is 5.91 Å². The summed E-state index contributed by atoms with van der Waals surface area (Å²) in [6.45, 7) is 2.29. The monoisotopic (exact) mass is 401 g/mol. The fraction of sp³-hybridized carbons (Fsp3) is 0.333. The molecule has 8 heteroatoms. The molecule has 0 radical (unpaired) electrons. The van der Waals surface area contributed by atoms with Gasteiger partial charge in [-0.1, -0.05) is 6.07 Å². The molecule has 0 aliphatic carbocycles. The van der Waals surface area contributed by atoms with Crippen LogP contribution in [0.2, 0.25) is 0 Å². The summed E-state index contributed by atoms with van der Waals surface area (Å²) >= 11 is 0. The highest BCUT2D eigenvalue weighted by atomic mass is 16.7. The minimum atomic E-state index is -0.617. The van der Waals surface area contributed by atoms with Gasteiger partial charge in [0.15, 0.2) is 24.7 Å². The number of carbonyl (C=O) groups excluding carboxylic acids is 2. The summed E-state index contributed by atoms with van der Waals surface area (Å²) in [4.78, 5) is 25.9. The molecule has 1 heterocycles. The van der Waals surface area contributed by atoms with Crippen molar-refractivity contribution >= 4 is 11.9 Å². The lowest BCUT2D eigenvalue weighted by Gasteiger charge is -2.21. The maximum atomic E-state index is 12.4. The van der Waals surface area contributed by atoms with Gasteiger partial charge in [-0.25, -0.2) is 4.79 Å². The van der Waals surface area contributed by atoms with Crippen molar-refractivity contribution in [3.05, 3.63) is 48.0 Å². The fourth-order valence-corrected chi connectivity index (χ4v) is 2.73. The molecular weight excluding hydrogens is 378 g/mol. The van der Waals surface area contributed by atoms with Gasteiger partial charge in [0.2, 0.25) is 6.79 Å². The number of likely N-dealkylation sites (N-methyl/N-ethyl adjacent to an activating group) is 1. The second-order valence-corrected chi connectivity index (χ2v) is 6.22. The van der Waals surface area contributed by atoms with Gasteiger partial charge >= 0.3 is 5.97 Å². The predicted molar refractivity (Wildman–Crippen MR) is 103 cm³/mol. The van der Waals surface area contributed by atoms with Gasteiger partial charge in [0.1, 0.15) is 11.5 Å². The second-order valence-electron chi connectivity index (χ2n) is 6.22. The number of fused-ring (bicyclic) bond motifs is 1. The van der Waals surface area contributed by atoms with Crippen molar-refractivity contribution < 1.29 is 33.3 Å². The van der Waals surface area contributed by atoms with E-state index in [-0.39, 0.29) is 25.9 Å². The molecule has 154 valence electrons. The average molecular weight is 401 g/mol. The van der Waals surface area contributed by atoms with Crippen LogP contribution < -0.4 is 18.9 Å². The molecule has 0 unspecified atom stereocenters. The Morgan fingerprint density at radius 3 is 2.45 bits per heavy atom. The van der Waals surface area contributed by atoms with E-state index in [1.807, 2.05) is 25.1 Å². The number of benzene rings is 2. The van der Waals surface area contributed by atoms with E-state index in [0.717, 1.165) is 5.56 Å². The highest BCUT2D eigenvalue weighted by Crippen LogP contribution is 2.32. The molecule has 1 amide bonds. The molecular formula is C21H23NO7. The lowest BCUT2D eigenvalue weighted by molar-refractivity contribution is -0.153. The first-order valence-electron chi connectivity index (χ1n) is 9.18. The summed E-state index contributed by atoms with van der Waals surface area (Å²) in [5.74, 6) is 1.64. The normalized spacial score (nSPS) is 11.7. The van der Waals surface area contributed by atoms with Crippen molar-refractivity contribution in [1.29, 1.82) is 0 Å². The van der Waals surface area contributed by atoms with Crippen LogP contribution in [0, 0.1) is 0 Å². The molecule has 1 aliphatic rings. The third-order valence-electron chi connectivity index (χ3n) is 4.32. The zero-order valence-corrected chi connectivity index (χ0v) is 16.4. The molecule has 0 aromatic heterocycles. The molecule has 1 aliphatic heterocycles. The van der Waals surface area contributed by atoms with Crippen molar-refractivity contribution in [3.63, 3.8) is 0 Å². The number of nitrogens with zero attached hydrogens (tertiary/aromatic N) is 1. The summed E-state index contributed by atoms with van der Waals surface area (Å²) in [6, 6.07) is 12.3. The van der Waals surface area contributed by atoms with Crippen LogP contribution in [-0.2, 0) is 20.9 Å². The van der Waals surface area contributed by atoms with Crippen LogP contribution in [0.25, 0.3) is 0 Å². The molecule has 3 rings (SSSR count). The van der Waals surface area contributed by atoms with E-state index in [4.69, 9.17) is 23.7 Å². The largest absolute Gasteiger partial charge is 0.497 e. The minimum Gasteiger partial charge on any atom is -0.497 e. The smallest absolute Gasteiger partial charge is 0.344 e. The Morgan fingerprint density at radius 1 is 1.00 bits per heavy atom. The van der Waals surface area contributed by atoms with Crippen LogP contribution in [0.5, 0.6) is 23.0 Å². The molecule has 0 saturated carbocycles. The van der Waals surface area contributed by atoms with Crippen molar-refractivity contribution in [1.82, 2.24) is 4.90 Å². The van der Waals surface area contributed by atoms with Crippen LogP contribution in [0.15, 0.2) is 42.5 Å². The highest BCUT2D eigenvalue weighted by molar-refractivity contribution is 5.81. The van der Waals surface area contributed by atoms with E-state index in [2.05, 4.69) is 0 Å². The van der Waals surface area contributed by atoms with E-state index in [0.29, 0.717) is 36.1 Å². The summed E-state index contributed by atoms with van der Waals surface area (Å²) in [7, 11) is 1.57. The van der Waals surface area contributed by atoms with E-state index in [1.165, 1.54) is 0 Å². The average Bonchev–Trinajstić information content (AvgIpc) is 3.22. The number of rotatable bonds is 9. The number of methoxy groups -OCH3 is 1. The molecule has 0 spiro atoms. The first-order chi connectivity index (χ1) is 14.1. The number of esters is 1. The van der Waals surface area contributed by atoms with E-state index in [9.17, 15) is 9.59 Å². The van der Waals surface area contributed by atoms with Gasteiger partial charge < -0.3 is 28.6 Å². The van der Waals surface area contributed by atoms with E-state index >= 15 is 0 Å². The van der Waals surface area contributed by atoms with Crippen molar-refractivity contribution in [2.45, 2.75) is 13.5 Å². The third kappa shape index (κ3) is 5.54. The molecule has 8 nitrogen and oxygen atoms in total. The Kier molecular flexibility index (Phi) is 6.78. The number of hydrogen-bond acceptors (Lipinski definition) is 7. The van der Waals surface area contributed by atoms with Crippen molar-refractivity contribution in [2.75, 3.05) is 33.7 Å². The fourth-order valence-electron chi connectivity index (χ4n) is 2.73. The van der Waals surface area contributed by atoms with E-state index < -0.39 is 5.97 Å². The highest BCUT2D eigenvalue weighted by Gasteiger charge is 2.18. The summed E-state index contributed by atoms with van der Waals surface area (Å²) in [5, 5.41) is 0. The molecule has 0 fully saturated rings. The molecule has 0 atom stereocenters. The summed E-state index contributed by atoms with van der Waals surface area (Å²) < 4.78 is 26.1. The molecule has 2 aromatic rings. The van der Waals surface area contributed by atoms with Crippen LogP contribution in [-0.4, -0.2) is 50.4 Å². The van der Waals surface area contributed by atoms with Gasteiger partial charge in [-0.2, -0.15) is 0 Å². The Hall–Kier alpha value is -3.42. The Balaban J connectivity index is 1.44. The molecule has 0 saturated heterocycles. The lowest BCUT2D eigenvalue weighted by Crippen LogP contribution is -2.34. The van der Waals surface area contributed by atoms with Gasteiger partial charge in [-0.05, 0) is 48.9 Å². The number of carbonyl (C=O) groups is 2. The van der Waals surface area contributed by atoms with Crippen LogP contribution in [0.4, 0.5) is 0 Å². The molecule has 2 aromatic carbocycles. The maximum Gasteiger partial charge on any atom is 0.344 e. The topological polar surface area (TPSA) is 83.5 Å². The zero-order valence-electron chi connectivity index (χ0n) is 16.4. The van der Waals surface area contributed by atoms with Crippen LogP contribution >= 0.6 is 0 Å². The Bertz CT molecular complexity index is 851. The van der Waals surface area contributed by atoms with Gasteiger partial charge in [0.05, 0.1) is 7.11 Å². The zero-order chi connectivity index (χ0) is 20.6.